The fourth-order valence-corrected chi connectivity index (χ4v) is 2.22. The number of ketones is 2. The molecule has 0 heterocycles. The topological polar surface area (TPSA) is 34.1 Å². The number of Topliss-reactive ketones (excluding diaryl/α,β-unsaturated/α-hetero) is 2. The van der Waals surface area contributed by atoms with Crippen molar-refractivity contribution in [3.8, 4) is 11.1 Å². The first-order chi connectivity index (χ1) is 10.1. The average Bonchev–Trinajstić information content (AvgIpc) is 2.53. The minimum Gasteiger partial charge on any atom is -0.300 e. The molecule has 21 heavy (non-hydrogen) atoms. The van der Waals surface area contributed by atoms with Crippen molar-refractivity contribution in [2.24, 2.45) is 0 Å². The van der Waals surface area contributed by atoms with Crippen molar-refractivity contribution in [1.29, 1.82) is 0 Å². The molecule has 0 aliphatic heterocycles. The van der Waals surface area contributed by atoms with Gasteiger partial charge in [0.15, 0.2) is 5.78 Å². The van der Waals surface area contributed by atoms with Crippen LogP contribution in [0.25, 0.3) is 11.1 Å². The van der Waals surface area contributed by atoms with Crippen molar-refractivity contribution in [3.05, 3.63) is 59.7 Å². The molecule has 0 aliphatic carbocycles. The highest BCUT2D eigenvalue weighted by Gasteiger charge is 2.03. The Kier molecular flexibility index (Phi) is 5.04. The molecule has 0 spiro atoms. The van der Waals surface area contributed by atoms with E-state index in [4.69, 9.17) is 0 Å². The third-order valence-electron chi connectivity index (χ3n) is 3.67. The van der Waals surface area contributed by atoms with Crippen LogP contribution in [0.15, 0.2) is 48.5 Å². The van der Waals surface area contributed by atoms with Crippen LogP contribution in [0.1, 0.15) is 42.6 Å². The zero-order valence-electron chi connectivity index (χ0n) is 12.6. The van der Waals surface area contributed by atoms with Crippen molar-refractivity contribution < 1.29 is 9.59 Å². The molecular formula is C19H20O2. The van der Waals surface area contributed by atoms with E-state index in [0.717, 1.165) is 23.1 Å². The number of carbonyl (C=O) groups is 2. The molecule has 0 N–H and O–H groups in total. The number of rotatable bonds is 6. The third kappa shape index (κ3) is 4.12. The van der Waals surface area contributed by atoms with Crippen LogP contribution in [0.4, 0.5) is 0 Å². The van der Waals surface area contributed by atoms with Crippen molar-refractivity contribution >= 4 is 11.6 Å². The maximum atomic E-state index is 11.3. The van der Waals surface area contributed by atoms with Gasteiger partial charge in [0.05, 0.1) is 0 Å². The van der Waals surface area contributed by atoms with Gasteiger partial charge in [-0.1, -0.05) is 55.5 Å². The number of hydrogen-bond acceptors (Lipinski definition) is 2. The van der Waals surface area contributed by atoms with Crippen LogP contribution in [0.3, 0.4) is 0 Å². The third-order valence-corrected chi connectivity index (χ3v) is 3.67. The molecule has 0 saturated carbocycles. The van der Waals surface area contributed by atoms with Crippen LogP contribution < -0.4 is 0 Å². The molecule has 2 aromatic carbocycles. The van der Waals surface area contributed by atoms with Crippen LogP contribution in [0.5, 0.6) is 0 Å². The van der Waals surface area contributed by atoms with E-state index in [1.807, 2.05) is 31.2 Å². The van der Waals surface area contributed by atoms with Gasteiger partial charge in [0.25, 0.3) is 0 Å². The predicted octanol–water partition coefficient (Wildman–Crippen LogP) is 4.47. The second kappa shape index (κ2) is 6.98. The number of benzene rings is 2. The first-order valence-corrected chi connectivity index (χ1v) is 7.32. The first-order valence-electron chi connectivity index (χ1n) is 7.32. The van der Waals surface area contributed by atoms with Gasteiger partial charge in [-0.2, -0.15) is 0 Å². The average molecular weight is 280 g/mol. The van der Waals surface area contributed by atoms with Crippen LogP contribution in [0, 0.1) is 0 Å². The molecule has 0 aromatic heterocycles. The summed E-state index contributed by atoms with van der Waals surface area (Å²) in [5.74, 6) is 0.386. The number of aryl methyl sites for hydroxylation is 1. The minimum absolute atomic E-state index is 0.0810. The Morgan fingerprint density at radius 2 is 1.38 bits per heavy atom. The molecule has 2 heteroatoms. The summed E-state index contributed by atoms with van der Waals surface area (Å²) in [6, 6.07) is 15.9. The summed E-state index contributed by atoms with van der Waals surface area (Å²) in [6.45, 7) is 3.47. The molecule has 2 aromatic rings. The van der Waals surface area contributed by atoms with E-state index in [9.17, 15) is 9.59 Å². The van der Waals surface area contributed by atoms with E-state index in [1.165, 1.54) is 5.56 Å². The zero-order valence-corrected chi connectivity index (χ0v) is 12.6. The Hall–Kier alpha value is -2.22. The summed E-state index contributed by atoms with van der Waals surface area (Å²) in [5.41, 5.74) is 4.13. The van der Waals surface area contributed by atoms with Gasteiger partial charge < -0.3 is 0 Å². The van der Waals surface area contributed by atoms with Gasteiger partial charge in [0.2, 0.25) is 0 Å². The summed E-state index contributed by atoms with van der Waals surface area (Å²) < 4.78 is 0. The molecule has 2 rings (SSSR count). The highest BCUT2D eigenvalue weighted by molar-refractivity contribution is 5.94. The van der Waals surface area contributed by atoms with E-state index >= 15 is 0 Å². The van der Waals surface area contributed by atoms with Gasteiger partial charge in [-0.25, -0.2) is 0 Å². The van der Waals surface area contributed by atoms with Crippen molar-refractivity contribution in [2.75, 3.05) is 0 Å². The van der Waals surface area contributed by atoms with Crippen LogP contribution >= 0.6 is 0 Å². The molecule has 0 aliphatic rings. The summed E-state index contributed by atoms with van der Waals surface area (Å²) in [6.07, 6.45) is 2.03. The van der Waals surface area contributed by atoms with Gasteiger partial charge in [0, 0.05) is 18.4 Å². The maximum absolute atomic E-state index is 11.3. The van der Waals surface area contributed by atoms with Crippen molar-refractivity contribution in [2.45, 2.75) is 33.1 Å². The van der Waals surface area contributed by atoms with Crippen LogP contribution in [0.2, 0.25) is 0 Å². The minimum atomic E-state index is 0.0810. The molecule has 0 amide bonds. The monoisotopic (exact) mass is 280 g/mol. The molecular weight excluding hydrogens is 260 g/mol. The SMILES string of the molecule is CCC(=O)CCc1ccc(-c2ccc(C(C)=O)cc2)cc1. The van der Waals surface area contributed by atoms with E-state index in [-0.39, 0.29) is 5.78 Å². The number of hydrogen-bond donors (Lipinski definition) is 0. The van der Waals surface area contributed by atoms with Gasteiger partial charge in [-0.05, 0) is 30.0 Å². The van der Waals surface area contributed by atoms with E-state index in [0.29, 0.717) is 18.6 Å². The molecule has 0 atom stereocenters. The van der Waals surface area contributed by atoms with Gasteiger partial charge in [0.1, 0.15) is 5.78 Å². The Morgan fingerprint density at radius 3 is 1.86 bits per heavy atom. The van der Waals surface area contributed by atoms with Crippen LogP contribution in [-0.2, 0) is 11.2 Å². The number of carbonyl (C=O) groups excluding carboxylic acids is 2. The highest BCUT2D eigenvalue weighted by atomic mass is 16.1. The summed E-state index contributed by atoms with van der Waals surface area (Å²) in [7, 11) is 0. The lowest BCUT2D eigenvalue weighted by molar-refractivity contribution is -0.118. The molecule has 0 bridgehead atoms. The zero-order chi connectivity index (χ0) is 15.2. The Labute approximate surface area is 125 Å². The molecule has 0 saturated heterocycles. The fourth-order valence-electron chi connectivity index (χ4n) is 2.22. The van der Waals surface area contributed by atoms with Gasteiger partial charge in [-0.15, -0.1) is 0 Å². The van der Waals surface area contributed by atoms with E-state index < -0.39 is 0 Å². The molecule has 0 unspecified atom stereocenters. The second-order valence-corrected chi connectivity index (χ2v) is 5.22. The summed E-state index contributed by atoms with van der Waals surface area (Å²) in [5, 5.41) is 0. The molecule has 108 valence electrons. The van der Waals surface area contributed by atoms with Crippen molar-refractivity contribution in [1.82, 2.24) is 0 Å². The molecule has 0 fully saturated rings. The smallest absolute Gasteiger partial charge is 0.159 e. The summed E-state index contributed by atoms with van der Waals surface area (Å²) in [4.78, 5) is 22.6. The van der Waals surface area contributed by atoms with E-state index in [1.54, 1.807) is 6.92 Å². The second-order valence-electron chi connectivity index (χ2n) is 5.22. The Balaban J connectivity index is 2.07. The predicted molar refractivity (Wildman–Crippen MR) is 85.5 cm³/mol. The fraction of sp³-hybridized carbons (Fsp3) is 0.263. The van der Waals surface area contributed by atoms with E-state index in [2.05, 4.69) is 24.3 Å². The quantitative estimate of drug-likeness (QED) is 0.732. The lowest BCUT2D eigenvalue weighted by atomic mass is 10.00. The lowest BCUT2D eigenvalue weighted by Gasteiger charge is -2.05. The van der Waals surface area contributed by atoms with Gasteiger partial charge in [-0.3, -0.25) is 9.59 Å². The standard InChI is InChI=1S/C19H20O2/c1-3-19(21)13-6-15-4-7-17(8-5-15)18-11-9-16(10-12-18)14(2)20/h4-5,7-12H,3,6,13H2,1-2H3. The first kappa shape index (κ1) is 15.2. The maximum Gasteiger partial charge on any atom is 0.159 e. The van der Waals surface area contributed by atoms with Gasteiger partial charge >= 0.3 is 0 Å². The Bertz CT molecular complexity index is 622. The molecule has 0 radical (unpaired) electrons. The highest BCUT2D eigenvalue weighted by Crippen LogP contribution is 2.21. The van der Waals surface area contributed by atoms with Crippen molar-refractivity contribution in [3.63, 3.8) is 0 Å². The normalized spacial score (nSPS) is 10.4. The van der Waals surface area contributed by atoms with Crippen LogP contribution in [-0.4, -0.2) is 11.6 Å². The lowest BCUT2D eigenvalue weighted by Crippen LogP contribution is -1.97. The Morgan fingerprint density at radius 1 is 0.857 bits per heavy atom. The summed E-state index contributed by atoms with van der Waals surface area (Å²) >= 11 is 0. The molecule has 2 nitrogen and oxygen atoms in total. The largest absolute Gasteiger partial charge is 0.300 e.